The van der Waals surface area contributed by atoms with Gasteiger partial charge in [-0.3, -0.25) is 0 Å². The van der Waals surface area contributed by atoms with Gasteiger partial charge in [0.1, 0.15) is 0 Å². The molecule has 0 amide bonds. The van der Waals surface area contributed by atoms with Gasteiger partial charge in [0.2, 0.25) is 0 Å². The second kappa shape index (κ2) is 4.67. The van der Waals surface area contributed by atoms with E-state index < -0.39 is 0 Å². The van der Waals surface area contributed by atoms with Gasteiger partial charge in [-0.15, -0.1) is 0 Å². The summed E-state index contributed by atoms with van der Waals surface area (Å²) in [7, 11) is 0. The fourth-order valence-corrected chi connectivity index (χ4v) is 1.70. The van der Waals surface area contributed by atoms with E-state index in [0.29, 0.717) is 18.1 Å². The molecule has 0 aliphatic carbocycles. The monoisotopic (exact) mass is 231 g/mol. The molecule has 17 heavy (non-hydrogen) atoms. The molecule has 1 atom stereocenters. The van der Waals surface area contributed by atoms with E-state index in [1.165, 1.54) is 5.56 Å². The van der Waals surface area contributed by atoms with Crippen LogP contribution in [0.1, 0.15) is 23.9 Å². The summed E-state index contributed by atoms with van der Waals surface area (Å²) < 4.78 is 5.27. The third kappa shape index (κ3) is 2.71. The Morgan fingerprint density at radius 2 is 2.12 bits per heavy atom. The first-order valence-electron chi connectivity index (χ1n) is 5.72. The molecule has 1 heterocycles. The maximum Gasteiger partial charge on any atom is 0.258 e. The van der Waals surface area contributed by atoms with E-state index >= 15 is 0 Å². The minimum atomic E-state index is 0.0408. The summed E-state index contributed by atoms with van der Waals surface area (Å²) in [5.74, 6) is 1.23. The molecule has 1 aromatic heterocycles. The first-order chi connectivity index (χ1) is 8.06. The lowest BCUT2D eigenvalue weighted by atomic mass is 10.1. The van der Waals surface area contributed by atoms with Crippen LogP contribution in [0.3, 0.4) is 0 Å². The lowest BCUT2D eigenvalue weighted by molar-refractivity contribution is 0.420. The summed E-state index contributed by atoms with van der Waals surface area (Å²) in [6, 6.07) is 6.22. The standard InChI is InChI=1S/C13H17N3O/c1-8-4-5-9(2)11(6-8)13-15-12(16-17-13)7-10(3)14/h4-6,10H,7,14H2,1-3H3. The van der Waals surface area contributed by atoms with Gasteiger partial charge in [0.15, 0.2) is 5.82 Å². The highest BCUT2D eigenvalue weighted by molar-refractivity contribution is 5.59. The molecule has 0 saturated carbocycles. The second-order valence-corrected chi connectivity index (χ2v) is 4.52. The van der Waals surface area contributed by atoms with Crippen LogP contribution in [-0.4, -0.2) is 16.2 Å². The number of rotatable bonds is 3. The maximum atomic E-state index is 5.70. The van der Waals surface area contributed by atoms with Gasteiger partial charge >= 0.3 is 0 Å². The van der Waals surface area contributed by atoms with E-state index in [1.807, 2.05) is 20.8 Å². The number of hydrogen-bond acceptors (Lipinski definition) is 4. The molecule has 0 saturated heterocycles. The van der Waals surface area contributed by atoms with E-state index in [4.69, 9.17) is 10.3 Å². The van der Waals surface area contributed by atoms with Crippen LogP contribution in [0.25, 0.3) is 11.5 Å². The Balaban J connectivity index is 2.33. The molecule has 4 heteroatoms. The second-order valence-electron chi connectivity index (χ2n) is 4.52. The molecule has 0 bridgehead atoms. The highest BCUT2D eigenvalue weighted by atomic mass is 16.5. The summed E-state index contributed by atoms with van der Waals surface area (Å²) in [5.41, 5.74) is 9.01. The molecule has 90 valence electrons. The van der Waals surface area contributed by atoms with Crippen molar-refractivity contribution in [1.29, 1.82) is 0 Å². The molecule has 1 unspecified atom stereocenters. The number of nitrogens with two attached hydrogens (primary N) is 1. The highest BCUT2D eigenvalue weighted by Gasteiger charge is 2.12. The molecule has 0 aliphatic heterocycles. The summed E-state index contributed by atoms with van der Waals surface area (Å²) in [6.45, 7) is 6.00. The van der Waals surface area contributed by atoms with Crippen LogP contribution in [0.4, 0.5) is 0 Å². The van der Waals surface area contributed by atoms with Gasteiger partial charge in [0, 0.05) is 18.0 Å². The van der Waals surface area contributed by atoms with E-state index in [9.17, 15) is 0 Å². The summed E-state index contributed by atoms with van der Waals surface area (Å²) >= 11 is 0. The Bertz CT molecular complexity index is 517. The molecule has 0 spiro atoms. The molecule has 0 fully saturated rings. The number of nitrogens with zero attached hydrogens (tertiary/aromatic N) is 2. The van der Waals surface area contributed by atoms with Crippen LogP contribution < -0.4 is 5.73 Å². The van der Waals surface area contributed by atoms with Crippen LogP contribution >= 0.6 is 0 Å². The Morgan fingerprint density at radius 1 is 1.35 bits per heavy atom. The van der Waals surface area contributed by atoms with Crippen molar-refractivity contribution in [1.82, 2.24) is 10.1 Å². The quantitative estimate of drug-likeness (QED) is 0.879. The van der Waals surface area contributed by atoms with Crippen LogP contribution in [0.15, 0.2) is 22.7 Å². The van der Waals surface area contributed by atoms with Gasteiger partial charge in [-0.25, -0.2) is 0 Å². The Morgan fingerprint density at radius 3 is 2.82 bits per heavy atom. The van der Waals surface area contributed by atoms with Gasteiger partial charge < -0.3 is 10.3 Å². The molecule has 1 aromatic carbocycles. The zero-order valence-corrected chi connectivity index (χ0v) is 10.4. The van der Waals surface area contributed by atoms with Crippen molar-refractivity contribution in [2.75, 3.05) is 0 Å². The van der Waals surface area contributed by atoms with Crippen molar-refractivity contribution in [3.8, 4) is 11.5 Å². The smallest absolute Gasteiger partial charge is 0.258 e. The summed E-state index contributed by atoms with van der Waals surface area (Å²) in [4.78, 5) is 4.36. The lowest BCUT2D eigenvalue weighted by Gasteiger charge is -2.01. The Hall–Kier alpha value is -1.68. The van der Waals surface area contributed by atoms with Crippen LogP contribution in [0.2, 0.25) is 0 Å². The van der Waals surface area contributed by atoms with Crippen LogP contribution in [0, 0.1) is 13.8 Å². The topological polar surface area (TPSA) is 64.9 Å². The van der Waals surface area contributed by atoms with Gasteiger partial charge in [-0.2, -0.15) is 4.98 Å². The fourth-order valence-electron chi connectivity index (χ4n) is 1.70. The normalized spacial score (nSPS) is 12.7. The molecule has 4 nitrogen and oxygen atoms in total. The zero-order valence-electron chi connectivity index (χ0n) is 10.4. The van der Waals surface area contributed by atoms with E-state index in [1.54, 1.807) is 0 Å². The van der Waals surface area contributed by atoms with E-state index in [0.717, 1.165) is 11.1 Å². The number of aromatic nitrogens is 2. The van der Waals surface area contributed by atoms with Crippen molar-refractivity contribution in [2.45, 2.75) is 33.2 Å². The molecule has 0 aliphatic rings. The Kier molecular flexibility index (Phi) is 3.24. The number of aryl methyl sites for hydroxylation is 2. The predicted molar refractivity (Wildman–Crippen MR) is 66.6 cm³/mol. The highest BCUT2D eigenvalue weighted by Crippen LogP contribution is 2.22. The van der Waals surface area contributed by atoms with E-state index in [-0.39, 0.29) is 6.04 Å². The first kappa shape index (κ1) is 11.8. The van der Waals surface area contributed by atoms with Crippen molar-refractivity contribution < 1.29 is 4.52 Å². The number of benzene rings is 1. The molecule has 2 N–H and O–H groups in total. The first-order valence-corrected chi connectivity index (χ1v) is 5.72. The minimum Gasteiger partial charge on any atom is -0.334 e. The molecule has 2 rings (SSSR count). The maximum absolute atomic E-state index is 5.70. The summed E-state index contributed by atoms with van der Waals surface area (Å²) in [5, 5.41) is 3.94. The van der Waals surface area contributed by atoms with Crippen LogP contribution in [-0.2, 0) is 6.42 Å². The third-order valence-electron chi connectivity index (χ3n) is 2.60. The molecular formula is C13H17N3O. The van der Waals surface area contributed by atoms with Gasteiger partial charge in [-0.1, -0.05) is 22.9 Å². The van der Waals surface area contributed by atoms with E-state index in [2.05, 4.69) is 28.3 Å². The third-order valence-corrected chi connectivity index (χ3v) is 2.60. The van der Waals surface area contributed by atoms with Crippen molar-refractivity contribution in [3.05, 3.63) is 35.2 Å². The Labute approximate surface area is 101 Å². The molecule has 0 radical (unpaired) electrons. The minimum absolute atomic E-state index is 0.0408. The zero-order chi connectivity index (χ0) is 12.4. The summed E-state index contributed by atoms with van der Waals surface area (Å²) in [6.07, 6.45) is 0.633. The van der Waals surface area contributed by atoms with Crippen molar-refractivity contribution in [3.63, 3.8) is 0 Å². The average molecular weight is 231 g/mol. The predicted octanol–water partition coefficient (Wildman–Crippen LogP) is 2.24. The largest absolute Gasteiger partial charge is 0.334 e. The van der Waals surface area contributed by atoms with Crippen molar-refractivity contribution in [2.24, 2.45) is 5.73 Å². The molecule has 2 aromatic rings. The van der Waals surface area contributed by atoms with Gasteiger partial charge in [-0.05, 0) is 32.4 Å². The SMILES string of the molecule is Cc1ccc(C)c(-c2nc(CC(C)N)no2)c1. The number of hydrogen-bond donors (Lipinski definition) is 1. The fraction of sp³-hybridized carbons (Fsp3) is 0.385. The van der Waals surface area contributed by atoms with Gasteiger partial charge in [0.25, 0.3) is 5.89 Å². The van der Waals surface area contributed by atoms with Gasteiger partial charge in [0.05, 0.1) is 0 Å². The van der Waals surface area contributed by atoms with Crippen molar-refractivity contribution >= 4 is 0 Å². The molecular weight excluding hydrogens is 214 g/mol. The van der Waals surface area contributed by atoms with Crippen LogP contribution in [0.5, 0.6) is 0 Å². The lowest BCUT2D eigenvalue weighted by Crippen LogP contribution is -2.18. The average Bonchev–Trinajstić information content (AvgIpc) is 2.69.